The summed E-state index contributed by atoms with van der Waals surface area (Å²) in [6, 6.07) is 16.3. The molecule has 158 valence electrons. The van der Waals surface area contributed by atoms with Crippen LogP contribution in [0, 0.1) is 0 Å². The van der Waals surface area contributed by atoms with Crippen molar-refractivity contribution in [1.82, 2.24) is 9.80 Å². The topological polar surface area (TPSA) is 95.0 Å². The number of fused-ring (bicyclic) bond motifs is 2. The number of benzene rings is 3. The average Bonchev–Trinajstić information content (AvgIpc) is 3.18. The molecule has 3 aromatic rings. The summed E-state index contributed by atoms with van der Waals surface area (Å²) in [6.45, 7) is -0.292. The summed E-state index contributed by atoms with van der Waals surface area (Å²) in [6.07, 6.45) is 0. The standard InChI is InChI=1S/C24H15BrN2O5/c25-15-9-13(11-26-21(29)16-5-1-2-6-17(16)22(26)30)20(28)14(10-15)12-27-23(31)18-7-3-4-8-19(18)24(27)32/h1-10,28H,11-12H2. The van der Waals surface area contributed by atoms with Gasteiger partial charge in [0.15, 0.2) is 0 Å². The summed E-state index contributed by atoms with van der Waals surface area (Å²) in [5.74, 6) is -1.93. The van der Waals surface area contributed by atoms with Crippen molar-refractivity contribution in [2.24, 2.45) is 0 Å². The van der Waals surface area contributed by atoms with Crippen molar-refractivity contribution >= 4 is 39.6 Å². The fourth-order valence-corrected chi connectivity index (χ4v) is 4.62. The van der Waals surface area contributed by atoms with Gasteiger partial charge in [-0.25, -0.2) is 0 Å². The van der Waals surface area contributed by atoms with Crippen LogP contribution in [0.1, 0.15) is 52.6 Å². The first-order valence-electron chi connectivity index (χ1n) is 9.77. The van der Waals surface area contributed by atoms with Gasteiger partial charge in [0.05, 0.1) is 35.3 Å². The van der Waals surface area contributed by atoms with Crippen molar-refractivity contribution in [3.8, 4) is 5.75 Å². The number of aromatic hydroxyl groups is 1. The van der Waals surface area contributed by atoms with Gasteiger partial charge in [-0.2, -0.15) is 0 Å². The molecular formula is C24H15BrN2O5. The fourth-order valence-electron chi connectivity index (χ4n) is 4.06. The fraction of sp³-hybridized carbons (Fsp3) is 0.0833. The van der Waals surface area contributed by atoms with Crippen LogP contribution in [0.5, 0.6) is 5.75 Å². The van der Waals surface area contributed by atoms with Crippen molar-refractivity contribution in [1.29, 1.82) is 0 Å². The Hall–Kier alpha value is -3.78. The van der Waals surface area contributed by atoms with E-state index in [4.69, 9.17) is 0 Å². The molecule has 0 bridgehead atoms. The maximum Gasteiger partial charge on any atom is 0.261 e. The molecule has 1 N–H and O–H groups in total. The second kappa shape index (κ2) is 7.42. The Morgan fingerprint density at radius 2 is 0.938 bits per heavy atom. The van der Waals surface area contributed by atoms with E-state index in [9.17, 15) is 24.3 Å². The molecule has 0 fully saturated rings. The third kappa shape index (κ3) is 3.03. The van der Waals surface area contributed by atoms with Crippen molar-refractivity contribution in [2.75, 3.05) is 0 Å². The molecule has 0 aliphatic carbocycles. The van der Waals surface area contributed by atoms with Gasteiger partial charge in [0, 0.05) is 15.6 Å². The number of imide groups is 2. The monoisotopic (exact) mass is 490 g/mol. The van der Waals surface area contributed by atoms with E-state index in [0.717, 1.165) is 9.80 Å². The van der Waals surface area contributed by atoms with E-state index in [1.165, 1.54) is 0 Å². The molecule has 0 atom stereocenters. The van der Waals surface area contributed by atoms with E-state index in [-0.39, 0.29) is 18.8 Å². The zero-order valence-corrected chi connectivity index (χ0v) is 18.1. The smallest absolute Gasteiger partial charge is 0.261 e. The number of carbonyl (C=O) groups excluding carboxylic acids is 4. The van der Waals surface area contributed by atoms with Crippen molar-refractivity contribution in [3.63, 3.8) is 0 Å². The molecule has 0 saturated heterocycles. The van der Waals surface area contributed by atoms with Crippen LogP contribution in [-0.2, 0) is 13.1 Å². The van der Waals surface area contributed by atoms with Gasteiger partial charge in [-0.15, -0.1) is 0 Å². The number of halogens is 1. The summed E-state index contributed by atoms with van der Waals surface area (Å²) < 4.78 is 0.577. The minimum Gasteiger partial charge on any atom is -0.507 e. The molecule has 32 heavy (non-hydrogen) atoms. The van der Waals surface area contributed by atoms with E-state index < -0.39 is 23.6 Å². The number of hydrogen-bond donors (Lipinski definition) is 1. The quantitative estimate of drug-likeness (QED) is 0.562. The van der Waals surface area contributed by atoms with Gasteiger partial charge >= 0.3 is 0 Å². The minimum absolute atomic E-state index is 0.146. The van der Waals surface area contributed by atoms with Crippen LogP contribution in [0.3, 0.4) is 0 Å². The lowest BCUT2D eigenvalue weighted by Gasteiger charge is -2.19. The first-order chi connectivity index (χ1) is 15.4. The Morgan fingerprint density at radius 1 is 0.625 bits per heavy atom. The maximum absolute atomic E-state index is 12.7. The first kappa shape index (κ1) is 20.1. The summed E-state index contributed by atoms with van der Waals surface area (Å²) in [7, 11) is 0. The molecular weight excluding hydrogens is 476 g/mol. The van der Waals surface area contributed by atoms with Gasteiger partial charge in [-0.1, -0.05) is 40.2 Å². The molecule has 3 aromatic carbocycles. The number of hydrogen-bond acceptors (Lipinski definition) is 5. The Bertz CT molecular complexity index is 1180. The van der Waals surface area contributed by atoms with Crippen LogP contribution in [0.2, 0.25) is 0 Å². The SMILES string of the molecule is O=C1c2ccccc2C(=O)N1Cc1cc(Br)cc(CN2C(=O)c3ccccc3C2=O)c1O. The number of rotatable bonds is 4. The highest BCUT2D eigenvalue weighted by atomic mass is 79.9. The molecule has 8 heteroatoms. The van der Waals surface area contributed by atoms with Gasteiger partial charge in [-0.3, -0.25) is 29.0 Å². The summed E-state index contributed by atoms with van der Waals surface area (Å²) in [5.41, 5.74) is 1.91. The van der Waals surface area contributed by atoms with Gasteiger partial charge in [0.25, 0.3) is 23.6 Å². The molecule has 2 aliphatic rings. The number of amides is 4. The van der Waals surface area contributed by atoms with Gasteiger partial charge in [0.2, 0.25) is 0 Å². The van der Waals surface area contributed by atoms with Crippen molar-refractivity contribution in [3.05, 3.63) is 98.5 Å². The van der Waals surface area contributed by atoms with Crippen molar-refractivity contribution < 1.29 is 24.3 Å². The molecule has 2 aliphatic heterocycles. The van der Waals surface area contributed by atoms with Gasteiger partial charge in [0.1, 0.15) is 5.75 Å². The predicted octanol–water partition coefficient (Wildman–Crippen LogP) is 3.75. The molecule has 5 rings (SSSR count). The third-order valence-electron chi connectivity index (χ3n) is 5.65. The Labute approximate surface area is 191 Å². The normalized spacial score (nSPS) is 14.9. The second-order valence-corrected chi connectivity index (χ2v) is 8.47. The lowest BCUT2D eigenvalue weighted by Crippen LogP contribution is -2.30. The number of nitrogens with zero attached hydrogens (tertiary/aromatic N) is 2. The molecule has 0 saturated carbocycles. The average molecular weight is 491 g/mol. The molecule has 7 nitrogen and oxygen atoms in total. The van der Waals surface area contributed by atoms with Crippen LogP contribution in [0.4, 0.5) is 0 Å². The van der Waals surface area contributed by atoms with Gasteiger partial charge < -0.3 is 5.11 Å². The largest absolute Gasteiger partial charge is 0.507 e. The predicted molar refractivity (Wildman–Crippen MR) is 117 cm³/mol. The Morgan fingerprint density at radius 3 is 1.25 bits per heavy atom. The van der Waals surface area contributed by atoms with Gasteiger partial charge in [-0.05, 0) is 36.4 Å². The molecule has 4 amide bonds. The maximum atomic E-state index is 12.7. The van der Waals surface area contributed by atoms with E-state index in [2.05, 4.69) is 15.9 Å². The van der Waals surface area contributed by atoms with E-state index in [1.54, 1.807) is 60.7 Å². The first-order valence-corrected chi connectivity index (χ1v) is 10.6. The molecule has 0 spiro atoms. The zero-order valence-electron chi connectivity index (χ0n) is 16.5. The zero-order chi connectivity index (χ0) is 22.6. The van der Waals surface area contributed by atoms with Crippen molar-refractivity contribution in [2.45, 2.75) is 13.1 Å². The van der Waals surface area contributed by atoms with Crippen LogP contribution in [-0.4, -0.2) is 38.5 Å². The second-order valence-electron chi connectivity index (χ2n) is 7.56. The minimum atomic E-state index is -0.438. The Kier molecular flexibility index (Phi) is 4.67. The highest BCUT2D eigenvalue weighted by molar-refractivity contribution is 9.10. The Balaban J connectivity index is 1.45. The van der Waals surface area contributed by atoms with Crippen LogP contribution < -0.4 is 0 Å². The molecule has 0 radical (unpaired) electrons. The highest BCUT2D eigenvalue weighted by Crippen LogP contribution is 2.34. The van der Waals surface area contributed by atoms with Crippen LogP contribution >= 0.6 is 15.9 Å². The summed E-state index contributed by atoms with van der Waals surface area (Å²) in [5, 5.41) is 10.9. The van der Waals surface area contributed by atoms with E-state index in [0.29, 0.717) is 37.9 Å². The molecule has 0 aromatic heterocycles. The number of carbonyl (C=O) groups is 4. The summed E-state index contributed by atoms with van der Waals surface area (Å²) in [4.78, 5) is 52.9. The molecule has 2 heterocycles. The highest BCUT2D eigenvalue weighted by Gasteiger charge is 2.37. The van der Waals surface area contributed by atoms with E-state index in [1.807, 2.05) is 0 Å². The van der Waals surface area contributed by atoms with Crippen LogP contribution in [0.15, 0.2) is 65.1 Å². The lowest BCUT2D eigenvalue weighted by molar-refractivity contribution is 0.0630. The lowest BCUT2D eigenvalue weighted by atomic mass is 10.1. The molecule has 0 unspecified atom stereocenters. The van der Waals surface area contributed by atoms with E-state index >= 15 is 0 Å². The summed E-state index contributed by atoms with van der Waals surface area (Å²) >= 11 is 3.38. The number of phenols is 1. The number of phenolic OH excluding ortho intramolecular Hbond substituents is 1. The third-order valence-corrected chi connectivity index (χ3v) is 6.10. The van der Waals surface area contributed by atoms with Crippen LogP contribution in [0.25, 0.3) is 0 Å².